The molecule has 0 atom stereocenters. The average Bonchev–Trinajstić information content (AvgIpc) is 2.94. The minimum atomic E-state index is 0.492. The summed E-state index contributed by atoms with van der Waals surface area (Å²) in [7, 11) is 0. The molecular formula is C9H9N7S. The normalized spacial score (nSPS) is 10.8. The number of thiazole rings is 1. The average molecular weight is 247 g/mol. The molecule has 3 aromatic rings. The number of tetrazole rings is 1. The Hall–Kier alpha value is -2.22. The zero-order valence-electron chi connectivity index (χ0n) is 8.71. The molecule has 0 spiro atoms. The maximum absolute atomic E-state index is 5.71. The molecule has 0 aliphatic rings. The molecule has 17 heavy (non-hydrogen) atoms. The molecule has 0 aliphatic carbocycles. The van der Waals surface area contributed by atoms with Gasteiger partial charge in [-0.2, -0.15) is 5.21 Å². The van der Waals surface area contributed by atoms with Gasteiger partial charge in [-0.3, -0.25) is 0 Å². The topological polar surface area (TPSA) is 105 Å². The van der Waals surface area contributed by atoms with Crippen LogP contribution in [0.25, 0.3) is 10.2 Å². The minimum absolute atomic E-state index is 0.492. The van der Waals surface area contributed by atoms with E-state index < -0.39 is 0 Å². The first kappa shape index (κ1) is 9.97. The highest BCUT2D eigenvalue weighted by Gasteiger charge is 2.04. The number of hydrogen-bond acceptors (Lipinski definition) is 7. The molecule has 0 aliphatic heterocycles. The fourth-order valence-corrected chi connectivity index (χ4v) is 2.34. The van der Waals surface area contributed by atoms with Gasteiger partial charge in [0.25, 0.3) is 0 Å². The quantitative estimate of drug-likeness (QED) is 0.596. The molecule has 0 saturated carbocycles. The Bertz CT molecular complexity index is 630. The fourth-order valence-electron chi connectivity index (χ4n) is 1.43. The number of aromatic amines is 1. The maximum atomic E-state index is 5.71. The van der Waals surface area contributed by atoms with Crippen LogP contribution >= 0.6 is 11.3 Å². The van der Waals surface area contributed by atoms with Gasteiger partial charge in [-0.25, -0.2) is 4.98 Å². The van der Waals surface area contributed by atoms with Crippen LogP contribution < -0.4 is 11.1 Å². The Labute approximate surface area is 100 Å². The summed E-state index contributed by atoms with van der Waals surface area (Å²) in [6, 6.07) is 5.65. The number of rotatable bonds is 3. The molecule has 2 aromatic heterocycles. The highest BCUT2D eigenvalue weighted by Crippen LogP contribution is 2.27. The Morgan fingerprint density at radius 2 is 2.35 bits per heavy atom. The number of anilines is 2. The largest absolute Gasteiger partial charge is 0.399 e. The SMILES string of the molecule is Nc1ccc2nc(NCc3nn[nH]n3)sc2c1. The summed E-state index contributed by atoms with van der Waals surface area (Å²) in [6.07, 6.45) is 0. The van der Waals surface area contributed by atoms with Gasteiger partial charge in [0.15, 0.2) is 11.0 Å². The molecule has 7 nitrogen and oxygen atoms in total. The second-order valence-electron chi connectivity index (χ2n) is 3.43. The number of benzene rings is 1. The lowest BCUT2D eigenvalue weighted by molar-refractivity contribution is 0.881. The summed E-state index contributed by atoms with van der Waals surface area (Å²) in [6.45, 7) is 0.492. The van der Waals surface area contributed by atoms with Gasteiger partial charge < -0.3 is 11.1 Å². The predicted molar refractivity (Wildman–Crippen MR) is 65.5 cm³/mol. The van der Waals surface area contributed by atoms with E-state index in [1.165, 1.54) is 0 Å². The highest BCUT2D eigenvalue weighted by atomic mass is 32.1. The molecule has 4 N–H and O–H groups in total. The van der Waals surface area contributed by atoms with Crippen molar-refractivity contribution in [1.29, 1.82) is 0 Å². The van der Waals surface area contributed by atoms with E-state index in [1.54, 1.807) is 11.3 Å². The Morgan fingerprint density at radius 3 is 3.18 bits per heavy atom. The Morgan fingerprint density at radius 1 is 1.41 bits per heavy atom. The van der Waals surface area contributed by atoms with Crippen molar-refractivity contribution < 1.29 is 0 Å². The van der Waals surface area contributed by atoms with Gasteiger partial charge in [-0.15, -0.1) is 10.2 Å². The summed E-state index contributed by atoms with van der Waals surface area (Å²) >= 11 is 1.54. The molecule has 0 bridgehead atoms. The first-order valence-corrected chi connectivity index (χ1v) is 5.75. The third kappa shape index (κ3) is 2.02. The van der Waals surface area contributed by atoms with Crippen LogP contribution in [0, 0.1) is 0 Å². The van der Waals surface area contributed by atoms with E-state index in [0.29, 0.717) is 12.4 Å². The number of nitrogen functional groups attached to an aromatic ring is 1. The summed E-state index contributed by atoms with van der Waals surface area (Å²) < 4.78 is 1.06. The molecule has 0 unspecified atom stereocenters. The maximum Gasteiger partial charge on any atom is 0.193 e. The molecule has 1 aromatic carbocycles. The molecule has 0 saturated heterocycles. The van der Waals surface area contributed by atoms with Crippen LogP contribution in [0.2, 0.25) is 0 Å². The van der Waals surface area contributed by atoms with E-state index in [-0.39, 0.29) is 0 Å². The molecule has 0 amide bonds. The van der Waals surface area contributed by atoms with E-state index in [4.69, 9.17) is 5.73 Å². The van der Waals surface area contributed by atoms with E-state index in [2.05, 4.69) is 30.9 Å². The lowest BCUT2D eigenvalue weighted by atomic mass is 10.3. The predicted octanol–water partition coefficient (Wildman–Crippen LogP) is 1.00. The summed E-state index contributed by atoms with van der Waals surface area (Å²) in [5.74, 6) is 0.601. The molecule has 2 heterocycles. The van der Waals surface area contributed by atoms with Crippen LogP contribution in [-0.2, 0) is 6.54 Å². The van der Waals surface area contributed by atoms with Gasteiger partial charge in [-0.05, 0) is 18.2 Å². The second-order valence-corrected chi connectivity index (χ2v) is 4.46. The zero-order valence-corrected chi connectivity index (χ0v) is 9.53. The number of fused-ring (bicyclic) bond motifs is 1. The van der Waals surface area contributed by atoms with Gasteiger partial charge in [-0.1, -0.05) is 16.6 Å². The van der Waals surface area contributed by atoms with Gasteiger partial charge >= 0.3 is 0 Å². The van der Waals surface area contributed by atoms with Crippen molar-refractivity contribution in [3.63, 3.8) is 0 Å². The monoisotopic (exact) mass is 247 g/mol. The van der Waals surface area contributed by atoms with Crippen LogP contribution in [0.5, 0.6) is 0 Å². The van der Waals surface area contributed by atoms with E-state index in [0.717, 1.165) is 21.0 Å². The van der Waals surface area contributed by atoms with E-state index in [9.17, 15) is 0 Å². The van der Waals surface area contributed by atoms with Crippen LogP contribution in [0.15, 0.2) is 18.2 Å². The number of nitrogens with one attached hydrogen (secondary N) is 2. The molecule has 0 radical (unpaired) electrons. The zero-order chi connectivity index (χ0) is 11.7. The van der Waals surface area contributed by atoms with Crippen LogP contribution in [0.4, 0.5) is 10.8 Å². The third-order valence-corrected chi connectivity index (χ3v) is 3.18. The van der Waals surface area contributed by atoms with Crippen LogP contribution in [0.1, 0.15) is 5.82 Å². The van der Waals surface area contributed by atoms with Crippen molar-refractivity contribution in [2.24, 2.45) is 0 Å². The molecule has 86 valence electrons. The van der Waals surface area contributed by atoms with E-state index >= 15 is 0 Å². The summed E-state index contributed by atoms with van der Waals surface area (Å²) in [5.41, 5.74) is 7.38. The second kappa shape index (κ2) is 3.98. The first-order chi connectivity index (χ1) is 8.31. The highest BCUT2D eigenvalue weighted by molar-refractivity contribution is 7.22. The van der Waals surface area contributed by atoms with Crippen molar-refractivity contribution >= 4 is 32.4 Å². The third-order valence-electron chi connectivity index (χ3n) is 2.20. The van der Waals surface area contributed by atoms with Crippen molar-refractivity contribution in [1.82, 2.24) is 25.6 Å². The van der Waals surface area contributed by atoms with Crippen LogP contribution in [0.3, 0.4) is 0 Å². The minimum Gasteiger partial charge on any atom is -0.399 e. The van der Waals surface area contributed by atoms with Gasteiger partial charge in [0.05, 0.1) is 16.8 Å². The number of nitrogens with two attached hydrogens (primary N) is 1. The van der Waals surface area contributed by atoms with Crippen molar-refractivity contribution in [3.8, 4) is 0 Å². The number of nitrogens with zero attached hydrogens (tertiary/aromatic N) is 4. The smallest absolute Gasteiger partial charge is 0.193 e. The van der Waals surface area contributed by atoms with Gasteiger partial charge in [0.2, 0.25) is 0 Å². The first-order valence-electron chi connectivity index (χ1n) is 4.93. The summed E-state index contributed by atoms with van der Waals surface area (Å²) in [5, 5.41) is 17.5. The standard InChI is InChI=1S/C9H9N7S/c10-5-1-2-6-7(3-5)17-9(12-6)11-4-8-13-15-16-14-8/h1-3H,4,10H2,(H,11,12)(H,13,14,15,16). The number of hydrogen-bond donors (Lipinski definition) is 3. The molecule has 3 rings (SSSR count). The van der Waals surface area contributed by atoms with Gasteiger partial charge in [0.1, 0.15) is 0 Å². The van der Waals surface area contributed by atoms with E-state index in [1.807, 2.05) is 18.2 Å². The lowest BCUT2D eigenvalue weighted by Gasteiger charge is -1.95. The van der Waals surface area contributed by atoms with Gasteiger partial charge in [0, 0.05) is 5.69 Å². The number of aromatic nitrogens is 5. The van der Waals surface area contributed by atoms with Crippen molar-refractivity contribution in [2.75, 3.05) is 11.1 Å². The summed E-state index contributed by atoms with van der Waals surface area (Å²) in [4.78, 5) is 4.42. The Kier molecular flexibility index (Phi) is 2.33. The molecule has 8 heteroatoms. The fraction of sp³-hybridized carbons (Fsp3) is 0.111. The lowest BCUT2D eigenvalue weighted by Crippen LogP contribution is -2.00. The van der Waals surface area contributed by atoms with Crippen LogP contribution in [-0.4, -0.2) is 25.6 Å². The number of H-pyrrole nitrogens is 1. The molecular weight excluding hydrogens is 238 g/mol. The van der Waals surface area contributed by atoms with Crippen molar-refractivity contribution in [2.45, 2.75) is 6.54 Å². The molecule has 0 fully saturated rings. The van der Waals surface area contributed by atoms with Crippen molar-refractivity contribution in [3.05, 3.63) is 24.0 Å². The Balaban J connectivity index is 1.81.